The van der Waals surface area contributed by atoms with Crippen molar-refractivity contribution in [1.82, 2.24) is 0 Å². The van der Waals surface area contributed by atoms with E-state index in [9.17, 15) is 9.59 Å². The minimum Gasteiger partial charge on any atom is -0.274 e. The van der Waals surface area contributed by atoms with Crippen LogP contribution in [-0.2, 0) is 9.59 Å². The Morgan fingerprint density at radius 2 is 1.52 bits per heavy atom. The molecule has 118 valence electrons. The van der Waals surface area contributed by atoms with Gasteiger partial charge in [0.2, 0.25) is 11.8 Å². The number of anilines is 1. The van der Waals surface area contributed by atoms with Gasteiger partial charge in [0, 0.05) is 11.8 Å². The van der Waals surface area contributed by atoms with E-state index in [1.165, 1.54) is 16.0 Å². The average molecular weight is 307 g/mol. The lowest BCUT2D eigenvalue weighted by molar-refractivity contribution is -0.122. The molecule has 3 heteroatoms. The third kappa shape index (κ3) is 1.71. The van der Waals surface area contributed by atoms with Gasteiger partial charge in [0.1, 0.15) is 0 Å². The molecule has 1 aromatic rings. The molecular formula is C20H21NO2. The Morgan fingerprint density at radius 1 is 0.957 bits per heavy atom. The first-order valence-corrected chi connectivity index (χ1v) is 8.23. The monoisotopic (exact) mass is 307 g/mol. The van der Waals surface area contributed by atoms with E-state index in [0.29, 0.717) is 0 Å². The molecule has 1 aliphatic heterocycles. The number of rotatable bonds is 1. The van der Waals surface area contributed by atoms with E-state index in [1.807, 2.05) is 32.0 Å². The summed E-state index contributed by atoms with van der Waals surface area (Å²) in [7, 11) is 0. The third-order valence-electron chi connectivity index (χ3n) is 5.81. The van der Waals surface area contributed by atoms with E-state index in [2.05, 4.69) is 26.0 Å². The number of aryl methyl sites for hydroxylation is 1. The lowest BCUT2D eigenvalue weighted by atomic mass is 9.85. The minimum absolute atomic E-state index is 0.0238. The maximum Gasteiger partial charge on any atom is 0.238 e. The summed E-state index contributed by atoms with van der Waals surface area (Å²) in [5.41, 5.74) is 5.41. The summed E-state index contributed by atoms with van der Waals surface area (Å²) in [5.74, 6) is -0.235. The van der Waals surface area contributed by atoms with Crippen LogP contribution in [-0.4, -0.2) is 11.8 Å². The normalized spacial score (nSPS) is 31.3. The van der Waals surface area contributed by atoms with Crippen LogP contribution in [0.4, 0.5) is 5.69 Å². The van der Waals surface area contributed by atoms with E-state index in [0.717, 1.165) is 16.8 Å². The minimum atomic E-state index is -0.206. The van der Waals surface area contributed by atoms with Gasteiger partial charge in [-0.25, -0.2) is 4.90 Å². The number of amides is 2. The number of hydrogen-bond acceptors (Lipinski definition) is 2. The van der Waals surface area contributed by atoms with E-state index < -0.39 is 0 Å². The summed E-state index contributed by atoms with van der Waals surface area (Å²) in [6.07, 6.45) is 4.26. The lowest BCUT2D eigenvalue weighted by Crippen LogP contribution is -2.34. The van der Waals surface area contributed by atoms with Crippen molar-refractivity contribution in [3.63, 3.8) is 0 Å². The average Bonchev–Trinajstić information content (AvgIpc) is 3.13. The number of hydrogen-bond donors (Lipinski definition) is 0. The predicted octanol–water partition coefficient (Wildman–Crippen LogP) is 3.56. The van der Waals surface area contributed by atoms with Crippen LogP contribution < -0.4 is 4.90 Å². The molecule has 23 heavy (non-hydrogen) atoms. The Hall–Kier alpha value is -2.16. The van der Waals surface area contributed by atoms with Crippen LogP contribution in [0.1, 0.15) is 25.0 Å². The van der Waals surface area contributed by atoms with Crippen LogP contribution in [0.25, 0.3) is 0 Å². The molecule has 1 heterocycles. The maximum absolute atomic E-state index is 13.1. The number of benzene rings is 1. The van der Waals surface area contributed by atoms with Crippen molar-refractivity contribution in [3.8, 4) is 0 Å². The molecule has 4 rings (SSSR count). The Kier molecular flexibility index (Phi) is 2.93. The number of allylic oxidation sites excluding steroid dienone is 4. The fraction of sp³-hybridized carbons (Fsp3) is 0.400. The van der Waals surface area contributed by atoms with Gasteiger partial charge in [-0.05, 0) is 44.9 Å². The summed E-state index contributed by atoms with van der Waals surface area (Å²) in [6.45, 7) is 8.16. The number of fused-ring (bicyclic) bond motifs is 5. The zero-order valence-corrected chi connectivity index (χ0v) is 14.0. The SMILES string of the molecule is CC(C)=C1[C@H]2C=C[C@@H]1[C@@H]1C(=O)N(c3cccc(C)c3C)C(=O)[C@H]12. The van der Waals surface area contributed by atoms with Crippen molar-refractivity contribution in [2.75, 3.05) is 4.90 Å². The van der Waals surface area contributed by atoms with E-state index in [-0.39, 0.29) is 35.5 Å². The van der Waals surface area contributed by atoms with Gasteiger partial charge in [0.25, 0.3) is 0 Å². The quantitative estimate of drug-likeness (QED) is 0.587. The molecule has 0 unspecified atom stereocenters. The molecule has 0 aromatic heterocycles. The summed E-state index contributed by atoms with van der Waals surface area (Å²) in [5, 5.41) is 0. The van der Waals surface area contributed by atoms with Crippen molar-refractivity contribution in [3.05, 3.63) is 52.6 Å². The van der Waals surface area contributed by atoms with Crippen LogP contribution in [0.5, 0.6) is 0 Å². The fourth-order valence-electron chi connectivity index (χ4n) is 4.65. The number of carbonyl (C=O) groups excluding carboxylic acids is 2. The van der Waals surface area contributed by atoms with E-state index in [1.54, 1.807) is 0 Å². The van der Waals surface area contributed by atoms with Gasteiger partial charge in [-0.15, -0.1) is 0 Å². The van der Waals surface area contributed by atoms with Crippen LogP contribution in [0.2, 0.25) is 0 Å². The molecular weight excluding hydrogens is 286 g/mol. The molecule has 2 amide bonds. The predicted molar refractivity (Wildman–Crippen MR) is 89.9 cm³/mol. The van der Waals surface area contributed by atoms with Gasteiger partial charge in [-0.3, -0.25) is 9.59 Å². The number of imide groups is 1. The van der Waals surface area contributed by atoms with Gasteiger partial charge in [-0.2, -0.15) is 0 Å². The molecule has 2 bridgehead atoms. The van der Waals surface area contributed by atoms with Crippen molar-refractivity contribution >= 4 is 17.5 Å². The van der Waals surface area contributed by atoms with Crippen molar-refractivity contribution in [1.29, 1.82) is 0 Å². The summed E-state index contributed by atoms with van der Waals surface area (Å²) < 4.78 is 0. The highest BCUT2D eigenvalue weighted by Crippen LogP contribution is 2.57. The zero-order chi connectivity index (χ0) is 16.5. The molecule has 1 aromatic carbocycles. The molecule has 2 aliphatic carbocycles. The second kappa shape index (κ2) is 4.67. The topological polar surface area (TPSA) is 37.4 Å². The Bertz CT molecular complexity index is 764. The van der Waals surface area contributed by atoms with Crippen molar-refractivity contribution in [2.45, 2.75) is 27.7 Å². The first-order valence-electron chi connectivity index (χ1n) is 8.23. The maximum atomic E-state index is 13.1. The van der Waals surface area contributed by atoms with E-state index >= 15 is 0 Å². The molecule has 0 radical (unpaired) electrons. The summed E-state index contributed by atoms with van der Waals surface area (Å²) in [4.78, 5) is 27.6. The Balaban J connectivity index is 1.80. The smallest absolute Gasteiger partial charge is 0.238 e. The molecule has 0 spiro atoms. The molecule has 3 nitrogen and oxygen atoms in total. The highest BCUT2D eigenvalue weighted by molar-refractivity contribution is 6.23. The van der Waals surface area contributed by atoms with E-state index in [4.69, 9.17) is 0 Å². The molecule has 3 aliphatic rings. The van der Waals surface area contributed by atoms with Gasteiger partial charge in [0.05, 0.1) is 17.5 Å². The third-order valence-corrected chi connectivity index (χ3v) is 5.81. The zero-order valence-electron chi connectivity index (χ0n) is 14.0. The highest BCUT2D eigenvalue weighted by atomic mass is 16.2. The molecule has 1 saturated carbocycles. The van der Waals surface area contributed by atoms with Crippen LogP contribution in [0.3, 0.4) is 0 Å². The number of carbonyl (C=O) groups is 2. The van der Waals surface area contributed by atoms with Gasteiger partial charge in [0.15, 0.2) is 0 Å². The molecule has 4 atom stereocenters. The molecule has 2 fully saturated rings. The van der Waals surface area contributed by atoms with Gasteiger partial charge < -0.3 is 0 Å². The van der Waals surface area contributed by atoms with Crippen molar-refractivity contribution < 1.29 is 9.59 Å². The van der Waals surface area contributed by atoms with Crippen molar-refractivity contribution in [2.24, 2.45) is 23.7 Å². The first kappa shape index (κ1) is 14.4. The van der Waals surface area contributed by atoms with Crippen LogP contribution >= 0.6 is 0 Å². The lowest BCUT2D eigenvalue weighted by Gasteiger charge is -2.21. The second-order valence-electron chi connectivity index (χ2n) is 7.17. The van der Waals surface area contributed by atoms with Gasteiger partial charge >= 0.3 is 0 Å². The van der Waals surface area contributed by atoms with Crippen LogP contribution in [0, 0.1) is 37.5 Å². The largest absolute Gasteiger partial charge is 0.274 e. The highest BCUT2D eigenvalue weighted by Gasteiger charge is 2.62. The molecule has 1 saturated heterocycles. The second-order valence-corrected chi connectivity index (χ2v) is 7.17. The Labute approximate surface area is 136 Å². The summed E-state index contributed by atoms with van der Waals surface area (Å²) in [6, 6.07) is 5.81. The molecule has 0 N–H and O–H groups in total. The standard InChI is InChI=1S/C20H21NO2/c1-10(2)16-13-8-9-14(16)18-17(13)19(22)21(20(18)23)15-7-5-6-11(3)12(15)4/h5-9,13-14,17-18H,1-4H3/t13-,14+,17-,18-/m0/s1. The number of nitrogens with zero attached hydrogens (tertiary/aromatic N) is 1. The van der Waals surface area contributed by atoms with Crippen LogP contribution in [0.15, 0.2) is 41.5 Å². The Morgan fingerprint density at radius 3 is 2.04 bits per heavy atom. The fourth-order valence-corrected chi connectivity index (χ4v) is 4.65. The first-order chi connectivity index (χ1) is 10.9. The summed E-state index contributed by atoms with van der Waals surface area (Å²) >= 11 is 0. The van der Waals surface area contributed by atoms with Gasteiger partial charge in [-0.1, -0.05) is 35.4 Å².